The van der Waals surface area contributed by atoms with Crippen molar-refractivity contribution >= 4 is 5.69 Å². The molecule has 1 fully saturated rings. The summed E-state index contributed by atoms with van der Waals surface area (Å²) in [4.78, 5) is 6.81. The number of nitrogens with zero attached hydrogens (tertiary/aromatic N) is 4. The van der Waals surface area contributed by atoms with E-state index in [1.165, 1.54) is 12.1 Å². The Labute approximate surface area is 156 Å². The fourth-order valence-corrected chi connectivity index (χ4v) is 3.14. The van der Waals surface area contributed by atoms with Crippen LogP contribution in [0.25, 0.3) is 5.82 Å². The zero-order valence-corrected chi connectivity index (χ0v) is 15.0. The molecule has 0 spiro atoms. The van der Waals surface area contributed by atoms with Gasteiger partial charge in [0.15, 0.2) is 5.82 Å². The third-order valence-corrected chi connectivity index (χ3v) is 4.62. The fraction of sp³-hybridized carbons (Fsp3) is 0.300. The zero-order valence-electron chi connectivity index (χ0n) is 15.0. The second-order valence-corrected chi connectivity index (χ2v) is 6.56. The second kappa shape index (κ2) is 7.46. The highest BCUT2D eigenvalue weighted by Gasteiger charge is 2.19. The Balaban J connectivity index is 1.76. The first kappa shape index (κ1) is 17.6. The van der Waals surface area contributed by atoms with Gasteiger partial charge in [0.05, 0.1) is 24.6 Å². The second-order valence-electron chi connectivity index (χ2n) is 6.56. The molecule has 7 heteroatoms. The minimum Gasteiger partial charge on any atom is -0.382 e. The van der Waals surface area contributed by atoms with Crippen molar-refractivity contribution in [3.05, 3.63) is 71.4 Å². The van der Waals surface area contributed by atoms with Crippen LogP contribution in [0.15, 0.2) is 48.7 Å². The number of aryl methyl sites for hydroxylation is 1. The number of halogens is 1. The molecule has 0 unspecified atom stereocenters. The number of anilines is 1. The van der Waals surface area contributed by atoms with Crippen LogP contribution in [0.5, 0.6) is 0 Å². The summed E-state index contributed by atoms with van der Waals surface area (Å²) in [5.41, 5.74) is 2.92. The standard InChI is InChI=1S/C20H21FN4O2/c1-14-6-7-25(23-14)19-13-17(24-8-10-27-11-9-24)12-18(22-19)20(26)15-2-4-16(21)5-3-15/h2-7,12-13,20,26H,8-11H2,1H3/t20-/m1/s1. The SMILES string of the molecule is Cc1ccn(-c2cc(N3CCOCC3)cc([C@H](O)c3ccc(F)cc3)n2)n1. The Morgan fingerprint density at radius 3 is 2.52 bits per heavy atom. The highest BCUT2D eigenvalue weighted by Crippen LogP contribution is 2.27. The molecule has 1 aliphatic rings. The molecular weight excluding hydrogens is 347 g/mol. The first-order chi connectivity index (χ1) is 13.1. The van der Waals surface area contributed by atoms with E-state index in [4.69, 9.17) is 4.74 Å². The maximum Gasteiger partial charge on any atom is 0.155 e. The Morgan fingerprint density at radius 1 is 1.11 bits per heavy atom. The summed E-state index contributed by atoms with van der Waals surface area (Å²) in [5, 5.41) is 15.3. The molecule has 6 nitrogen and oxygen atoms in total. The van der Waals surface area contributed by atoms with Crippen LogP contribution in [0.2, 0.25) is 0 Å². The number of rotatable bonds is 4. The van der Waals surface area contributed by atoms with Crippen LogP contribution < -0.4 is 4.90 Å². The van der Waals surface area contributed by atoms with E-state index in [1.807, 2.05) is 31.3 Å². The zero-order chi connectivity index (χ0) is 18.8. The van der Waals surface area contributed by atoms with Gasteiger partial charge in [0.2, 0.25) is 0 Å². The Hall–Kier alpha value is -2.77. The van der Waals surface area contributed by atoms with Gasteiger partial charge in [0, 0.05) is 31.0 Å². The lowest BCUT2D eigenvalue weighted by atomic mass is 10.1. The summed E-state index contributed by atoms with van der Waals surface area (Å²) in [6.07, 6.45) is 0.886. The van der Waals surface area contributed by atoms with Gasteiger partial charge in [-0.15, -0.1) is 0 Å². The van der Waals surface area contributed by atoms with Gasteiger partial charge in [-0.25, -0.2) is 14.1 Å². The van der Waals surface area contributed by atoms with E-state index in [1.54, 1.807) is 16.8 Å². The van der Waals surface area contributed by atoms with Gasteiger partial charge in [-0.1, -0.05) is 12.1 Å². The van der Waals surface area contributed by atoms with Crippen LogP contribution >= 0.6 is 0 Å². The van der Waals surface area contributed by atoms with Crippen molar-refractivity contribution in [3.63, 3.8) is 0 Å². The average Bonchev–Trinajstić information content (AvgIpc) is 3.15. The molecule has 4 rings (SSSR count). The van der Waals surface area contributed by atoms with Crippen molar-refractivity contribution in [3.8, 4) is 5.82 Å². The van der Waals surface area contributed by atoms with Crippen LogP contribution in [0, 0.1) is 12.7 Å². The molecule has 1 aliphatic heterocycles. The summed E-state index contributed by atoms with van der Waals surface area (Å²) >= 11 is 0. The molecule has 0 bridgehead atoms. The molecule has 1 saturated heterocycles. The Bertz CT molecular complexity index is 920. The van der Waals surface area contributed by atoms with Crippen LogP contribution in [0.4, 0.5) is 10.1 Å². The number of morpholine rings is 1. The van der Waals surface area contributed by atoms with E-state index in [0.29, 0.717) is 30.3 Å². The number of benzene rings is 1. The molecule has 3 heterocycles. The van der Waals surface area contributed by atoms with Gasteiger partial charge in [0.25, 0.3) is 0 Å². The van der Waals surface area contributed by atoms with Crippen LogP contribution in [-0.4, -0.2) is 46.2 Å². The summed E-state index contributed by atoms with van der Waals surface area (Å²) in [6.45, 7) is 4.78. The lowest BCUT2D eigenvalue weighted by Crippen LogP contribution is -2.36. The van der Waals surface area contributed by atoms with Gasteiger partial charge in [-0.05, 0) is 36.8 Å². The van der Waals surface area contributed by atoms with Gasteiger partial charge in [-0.3, -0.25) is 0 Å². The van der Waals surface area contributed by atoms with E-state index in [9.17, 15) is 9.50 Å². The molecule has 2 aromatic heterocycles. The predicted octanol–water partition coefficient (Wildman–Crippen LogP) is 2.63. The maximum atomic E-state index is 13.2. The van der Waals surface area contributed by atoms with Crippen molar-refractivity contribution in [2.75, 3.05) is 31.2 Å². The van der Waals surface area contributed by atoms with Crippen molar-refractivity contribution in [2.45, 2.75) is 13.0 Å². The monoisotopic (exact) mass is 368 g/mol. The van der Waals surface area contributed by atoms with Gasteiger partial charge >= 0.3 is 0 Å². The normalized spacial score (nSPS) is 15.7. The van der Waals surface area contributed by atoms with Crippen molar-refractivity contribution in [2.24, 2.45) is 0 Å². The molecule has 140 valence electrons. The number of ether oxygens (including phenoxy) is 1. The molecular formula is C20H21FN4O2. The third-order valence-electron chi connectivity index (χ3n) is 4.62. The molecule has 0 radical (unpaired) electrons. The highest BCUT2D eigenvalue weighted by molar-refractivity contribution is 5.53. The van der Waals surface area contributed by atoms with Crippen LogP contribution in [0.3, 0.4) is 0 Å². The minimum atomic E-state index is -0.956. The topological polar surface area (TPSA) is 63.4 Å². The Kier molecular flexibility index (Phi) is 4.87. The van der Waals surface area contributed by atoms with E-state index < -0.39 is 6.10 Å². The van der Waals surface area contributed by atoms with Gasteiger partial charge in [-0.2, -0.15) is 5.10 Å². The van der Waals surface area contributed by atoms with Crippen molar-refractivity contribution < 1.29 is 14.2 Å². The molecule has 1 atom stereocenters. The summed E-state index contributed by atoms with van der Waals surface area (Å²) in [7, 11) is 0. The molecule has 1 aromatic carbocycles. The van der Waals surface area contributed by atoms with Crippen molar-refractivity contribution in [1.82, 2.24) is 14.8 Å². The number of hydrogen-bond donors (Lipinski definition) is 1. The number of aromatic nitrogens is 3. The smallest absolute Gasteiger partial charge is 0.155 e. The van der Waals surface area contributed by atoms with Gasteiger partial charge < -0.3 is 14.7 Å². The first-order valence-electron chi connectivity index (χ1n) is 8.91. The lowest BCUT2D eigenvalue weighted by Gasteiger charge is -2.29. The Morgan fingerprint density at radius 2 is 1.85 bits per heavy atom. The van der Waals surface area contributed by atoms with E-state index in [-0.39, 0.29) is 5.82 Å². The predicted molar refractivity (Wildman–Crippen MR) is 99.6 cm³/mol. The maximum absolute atomic E-state index is 13.2. The molecule has 0 amide bonds. The van der Waals surface area contributed by atoms with Crippen LogP contribution in [-0.2, 0) is 4.74 Å². The lowest BCUT2D eigenvalue weighted by molar-refractivity contribution is 0.122. The molecule has 27 heavy (non-hydrogen) atoms. The highest BCUT2D eigenvalue weighted by atomic mass is 19.1. The summed E-state index contributed by atoms with van der Waals surface area (Å²) in [6, 6.07) is 11.5. The van der Waals surface area contributed by atoms with E-state index in [2.05, 4.69) is 15.0 Å². The number of hydrogen-bond acceptors (Lipinski definition) is 5. The molecule has 0 saturated carbocycles. The number of aliphatic hydroxyl groups excluding tert-OH is 1. The number of pyridine rings is 1. The average molecular weight is 368 g/mol. The van der Waals surface area contributed by atoms with Crippen LogP contribution in [0.1, 0.15) is 23.1 Å². The third kappa shape index (κ3) is 3.84. The minimum absolute atomic E-state index is 0.339. The van der Waals surface area contributed by atoms with Crippen molar-refractivity contribution in [1.29, 1.82) is 0 Å². The fourth-order valence-electron chi connectivity index (χ4n) is 3.14. The molecule has 0 aliphatic carbocycles. The largest absolute Gasteiger partial charge is 0.382 e. The van der Waals surface area contributed by atoms with E-state index in [0.717, 1.165) is 24.5 Å². The summed E-state index contributed by atoms with van der Waals surface area (Å²) in [5.74, 6) is 0.289. The molecule has 3 aromatic rings. The number of aliphatic hydroxyl groups is 1. The summed E-state index contributed by atoms with van der Waals surface area (Å²) < 4.78 is 20.4. The van der Waals surface area contributed by atoms with E-state index >= 15 is 0 Å². The quantitative estimate of drug-likeness (QED) is 0.767. The first-order valence-corrected chi connectivity index (χ1v) is 8.91. The molecule has 1 N–H and O–H groups in total. The van der Waals surface area contributed by atoms with Gasteiger partial charge in [0.1, 0.15) is 11.9 Å².